The first-order valence-electron chi connectivity index (χ1n) is 7.55. The van der Waals surface area contributed by atoms with Crippen LogP contribution in [0.2, 0.25) is 5.02 Å². The van der Waals surface area contributed by atoms with E-state index in [1.807, 2.05) is 6.07 Å². The molecule has 0 aliphatic rings. The quantitative estimate of drug-likeness (QED) is 0.579. The normalized spacial score (nSPS) is 10.4. The topological polar surface area (TPSA) is 82.7 Å². The predicted molar refractivity (Wildman–Crippen MR) is 96.0 cm³/mol. The van der Waals surface area contributed by atoms with Gasteiger partial charge in [0.25, 0.3) is 0 Å². The average Bonchev–Trinajstić information content (AvgIpc) is 2.99. The molecule has 0 amide bonds. The molecule has 0 saturated heterocycles. The van der Waals surface area contributed by atoms with Crippen molar-refractivity contribution >= 4 is 30.0 Å². The third-order valence-corrected chi connectivity index (χ3v) is 3.78. The second-order valence-electron chi connectivity index (χ2n) is 5.23. The van der Waals surface area contributed by atoms with E-state index in [1.165, 1.54) is 12.1 Å². The van der Waals surface area contributed by atoms with Gasteiger partial charge in [-0.2, -0.15) is 0 Å². The van der Waals surface area contributed by atoms with E-state index in [4.69, 9.17) is 26.2 Å². The van der Waals surface area contributed by atoms with Gasteiger partial charge in [-0.05, 0) is 56.1 Å². The lowest BCUT2D eigenvalue weighted by Gasteiger charge is -2.04. The van der Waals surface area contributed by atoms with Crippen molar-refractivity contribution in [2.75, 3.05) is 13.2 Å². The van der Waals surface area contributed by atoms with Crippen LogP contribution in [-0.4, -0.2) is 29.3 Å². The molecular weight excluding hydrogens is 353 g/mol. The molecule has 0 fully saturated rings. The van der Waals surface area contributed by atoms with Crippen LogP contribution < -0.4 is 5.32 Å². The minimum Gasteiger partial charge on any atom is -0.478 e. The van der Waals surface area contributed by atoms with Gasteiger partial charge in [0, 0.05) is 12.2 Å². The average molecular weight is 374 g/mol. The van der Waals surface area contributed by atoms with Gasteiger partial charge >= 0.3 is 5.97 Å². The molecule has 1 heterocycles. The van der Waals surface area contributed by atoms with Crippen LogP contribution in [0.3, 0.4) is 0 Å². The van der Waals surface area contributed by atoms with Gasteiger partial charge in [0.15, 0.2) is 0 Å². The Bertz CT molecular complexity index is 658. The monoisotopic (exact) mass is 373 g/mol. The minimum absolute atomic E-state index is 0. The molecule has 132 valence electrons. The van der Waals surface area contributed by atoms with Crippen molar-refractivity contribution in [1.29, 1.82) is 0 Å². The number of hydrogen-bond donors (Lipinski definition) is 3. The van der Waals surface area contributed by atoms with Gasteiger partial charge in [-0.25, -0.2) is 4.79 Å². The van der Waals surface area contributed by atoms with E-state index in [2.05, 4.69) is 5.32 Å². The molecular formula is C17H21Cl2NO4. The van der Waals surface area contributed by atoms with Gasteiger partial charge in [-0.1, -0.05) is 11.6 Å². The zero-order valence-electron chi connectivity index (χ0n) is 13.1. The summed E-state index contributed by atoms with van der Waals surface area (Å²) in [7, 11) is 0. The summed E-state index contributed by atoms with van der Waals surface area (Å²) >= 11 is 6.13. The lowest BCUT2D eigenvalue weighted by Crippen LogP contribution is -2.14. The molecule has 5 nitrogen and oxygen atoms in total. The lowest BCUT2D eigenvalue weighted by atomic mass is 10.1. The molecule has 1 aromatic carbocycles. The molecule has 0 spiro atoms. The number of rotatable bonds is 9. The standard InChI is InChI=1S/C17H20ClNO4.ClH/c18-15-6-4-12(17(21)22)10-14(15)16-7-5-13(23-16)11-19-8-2-1-3-9-20;/h4-7,10,19-20H,1-3,8-9,11H2,(H,21,22);1H. The Hall–Kier alpha value is -1.53. The minimum atomic E-state index is -1.00. The maximum absolute atomic E-state index is 11.1. The number of hydrogen-bond acceptors (Lipinski definition) is 4. The molecule has 0 atom stereocenters. The number of aliphatic hydroxyl groups excluding tert-OH is 1. The number of aromatic carboxylic acids is 1. The van der Waals surface area contributed by atoms with Crippen molar-refractivity contribution in [3.8, 4) is 11.3 Å². The maximum Gasteiger partial charge on any atom is 0.335 e. The zero-order chi connectivity index (χ0) is 16.7. The van der Waals surface area contributed by atoms with Gasteiger partial charge in [0.2, 0.25) is 0 Å². The van der Waals surface area contributed by atoms with E-state index < -0.39 is 5.97 Å². The van der Waals surface area contributed by atoms with E-state index in [9.17, 15) is 4.79 Å². The summed E-state index contributed by atoms with van der Waals surface area (Å²) in [6.07, 6.45) is 2.82. The Labute approximate surface area is 152 Å². The number of carboxylic acids is 1. The molecule has 2 rings (SSSR count). The Morgan fingerprint density at radius 2 is 1.96 bits per heavy atom. The second kappa shape index (κ2) is 10.4. The molecule has 24 heavy (non-hydrogen) atoms. The second-order valence-corrected chi connectivity index (χ2v) is 5.63. The molecule has 3 N–H and O–H groups in total. The van der Waals surface area contributed by atoms with Crippen LogP contribution in [0.5, 0.6) is 0 Å². The highest BCUT2D eigenvalue weighted by atomic mass is 35.5. The van der Waals surface area contributed by atoms with E-state index in [-0.39, 0.29) is 24.6 Å². The number of unbranched alkanes of at least 4 members (excludes halogenated alkanes) is 2. The van der Waals surface area contributed by atoms with Crippen LogP contribution in [0.25, 0.3) is 11.3 Å². The maximum atomic E-state index is 11.1. The highest BCUT2D eigenvalue weighted by Crippen LogP contribution is 2.30. The largest absolute Gasteiger partial charge is 0.478 e. The van der Waals surface area contributed by atoms with Gasteiger partial charge < -0.3 is 19.9 Å². The number of carboxylic acid groups (broad SMARTS) is 1. The summed E-state index contributed by atoms with van der Waals surface area (Å²) in [5, 5.41) is 21.5. The Morgan fingerprint density at radius 1 is 1.17 bits per heavy atom. The third kappa shape index (κ3) is 5.83. The fourth-order valence-corrected chi connectivity index (χ4v) is 2.43. The van der Waals surface area contributed by atoms with Crippen LogP contribution >= 0.6 is 24.0 Å². The van der Waals surface area contributed by atoms with Crippen molar-refractivity contribution in [1.82, 2.24) is 5.32 Å². The van der Waals surface area contributed by atoms with Gasteiger partial charge in [-0.15, -0.1) is 12.4 Å². The summed E-state index contributed by atoms with van der Waals surface area (Å²) in [6, 6.07) is 8.17. The van der Waals surface area contributed by atoms with E-state index in [0.717, 1.165) is 31.6 Å². The Balaban J connectivity index is 0.00000288. The smallest absolute Gasteiger partial charge is 0.335 e. The number of furan rings is 1. The molecule has 0 bridgehead atoms. The summed E-state index contributed by atoms with van der Waals surface area (Å²) in [5.74, 6) is 0.313. The summed E-state index contributed by atoms with van der Waals surface area (Å²) in [6.45, 7) is 1.68. The van der Waals surface area contributed by atoms with Crippen molar-refractivity contribution in [3.05, 3.63) is 46.7 Å². The first-order valence-corrected chi connectivity index (χ1v) is 7.93. The van der Waals surface area contributed by atoms with Crippen LogP contribution in [0, 0.1) is 0 Å². The zero-order valence-corrected chi connectivity index (χ0v) is 14.7. The molecule has 0 aliphatic carbocycles. The SMILES string of the molecule is Cl.O=C(O)c1ccc(Cl)c(-c2ccc(CNCCCCCO)o2)c1. The molecule has 0 aliphatic heterocycles. The number of benzene rings is 1. The van der Waals surface area contributed by atoms with Crippen molar-refractivity contribution in [3.63, 3.8) is 0 Å². The first-order chi connectivity index (χ1) is 11.1. The first kappa shape index (κ1) is 20.5. The summed E-state index contributed by atoms with van der Waals surface area (Å²) in [5.41, 5.74) is 0.741. The summed E-state index contributed by atoms with van der Waals surface area (Å²) < 4.78 is 5.73. The highest BCUT2D eigenvalue weighted by molar-refractivity contribution is 6.33. The Kier molecular flexibility index (Phi) is 8.85. The molecule has 0 radical (unpaired) electrons. The molecule has 0 saturated carbocycles. The van der Waals surface area contributed by atoms with Crippen molar-refractivity contribution in [2.45, 2.75) is 25.8 Å². The van der Waals surface area contributed by atoms with Crippen molar-refractivity contribution in [2.24, 2.45) is 0 Å². The number of halogens is 2. The summed E-state index contributed by atoms with van der Waals surface area (Å²) in [4.78, 5) is 11.1. The fourth-order valence-electron chi connectivity index (χ4n) is 2.21. The van der Waals surface area contributed by atoms with Crippen LogP contribution in [0.1, 0.15) is 35.4 Å². The predicted octanol–water partition coefficient (Wildman–Crippen LogP) is 3.97. The van der Waals surface area contributed by atoms with E-state index in [0.29, 0.717) is 22.9 Å². The number of aliphatic hydroxyl groups is 1. The van der Waals surface area contributed by atoms with Gasteiger partial charge in [0.1, 0.15) is 11.5 Å². The molecule has 0 unspecified atom stereocenters. The van der Waals surface area contributed by atoms with Crippen LogP contribution in [0.4, 0.5) is 0 Å². The van der Waals surface area contributed by atoms with Gasteiger partial charge in [-0.3, -0.25) is 0 Å². The third-order valence-electron chi connectivity index (χ3n) is 3.45. The van der Waals surface area contributed by atoms with E-state index in [1.54, 1.807) is 12.1 Å². The van der Waals surface area contributed by atoms with Crippen LogP contribution in [-0.2, 0) is 6.54 Å². The molecule has 1 aromatic heterocycles. The Morgan fingerprint density at radius 3 is 2.67 bits per heavy atom. The molecule has 7 heteroatoms. The van der Waals surface area contributed by atoms with Gasteiger partial charge in [0.05, 0.1) is 17.1 Å². The fraction of sp³-hybridized carbons (Fsp3) is 0.353. The molecule has 2 aromatic rings. The highest BCUT2D eigenvalue weighted by Gasteiger charge is 2.12. The number of carbonyl (C=O) groups is 1. The van der Waals surface area contributed by atoms with E-state index >= 15 is 0 Å². The van der Waals surface area contributed by atoms with Crippen LogP contribution in [0.15, 0.2) is 34.7 Å². The number of nitrogens with one attached hydrogen (secondary N) is 1. The lowest BCUT2D eigenvalue weighted by molar-refractivity contribution is 0.0697. The van der Waals surface area contributed by atoms with Crippen molar-refractivity contribution < 1.29 is 19.4 Å².